The van der Waals surface area contributed by atoms with Crippen LogP contribution in [0.25, 0.3) is 0 Å². The maximum absolute atomic E-state index is 12.7. The Kier molecular flexibility index (Phi) is 16.7. The molecule has 0 unspecified atom stereocenters. The standard InChI is InChI=1S/C23H46O7S2/c1-3-5-7-9-11-13-14-16-18-20-22(24)23(31(25,26)27,32(28,29)30)21-19-17-15-12-10-8-6-4-2/h3-21H2,1-2H3,(H,25,26,27)(H,28,29,30). The molecule has 0 aromatic rings. The molecule has 0 aromatic carbocycles. The van der Waals surface area contributed by atoms with Crippen LogP contribution in [0.2, 0.25) is 0 Å². The van der Waals surface area contributed by atoms with Crippen LogP contribution < -0.4 is 0 Å². The van der Waals surface area contributed by atoms with Gasteiger partial charge in [0, 0.05) is 6.42 Å². The number of unbranched alkanes of at least 4 members (excludes halogenated alkanes) is 15. The fourth-order valence-electron chi connectivity index (χ4n) is 4.10. The second kappa shape index (κ2) is 17.0. The van der Waals surface area contributed by atoms with Gasteiger partial charge in [-0.2, -0.15) is 16.8 Å². The highest BCUT2D eigenvalue weighted by Crippen LogP contribution is 2.33. The van der Waals surface area contributed by atoms with Crippen LogP contribution in [-0.2, 0) is 25.0 Å². The topological polar surface area (TPSA) is 126 Å². The molecule has 9 heteroatoms. The van der Waals surface area contributed by atoms with Crippen molar-refractivity contribution in [1.29, 1.82) is 0 Å². The van der Waals surface area contributed by atoms with E-state index in [1.54, 1.807) is 0 Å². The Morgan fingerprint density at radius 3 is 1.22 bits per heavy atom. The van der Waals surface area contributed by atoms with E-state index in [0.29, 0.717) is 19.3 Å². The van der Waals surface area contributed by atoms with Gasteiger partial charge in [0.15, 0.2) is 5.78 Å². The largest absolute Gasteiger partial charge is 0.297 e. The van der Waals surface area contributed by atoms with Gasteiger partial charge in [-0.3, -0.25) is 13.9 Å². The van der Waals surface area contributed by atoms with Gasteiger partial charge in [-0.25, -0.2) is 0 Å². The number of ketones is 1. The van der Waals surface area contributed by atoms with Crippen molar-refractivity contribution in [1.82, 2.24) is 0 Å². The second-order valence-corrected chi connectivity index (χ2v) is 12.5. The molecular weight excluding hydrogens is 452 g/mol. The summed E-state index contributed by atoms with van der Waals surface area (Å²) in [6, 6.07) is 0. The molecule has 2 N–H and O–H groups in total. The smallest absolute Gasteiger partial charge is 0.295 e. The molecular formula is C23H46O7S2. The van der Waals surface area contributed by atoms with E-state index < -0.39 is 36.5 Å². The van der Waals surface area contributed by atoms with Crippen LogP contribution in [0.15, 0.2) is 0 Å². The lowest BCUT2D eigenvalue weighted by atomic mass is 10.0. The Morgan fingerprint density at radius 1 is 0.562 bits per heavy atom. The molecule has 0 aliphatic carbocycles. The SMILES string of the molecule is CCCCCCCCCCCC(=O)C(CCCCCCCCCC)(S(=O)(=O)O)S(=O)(=O)O. The minimum absolute atomic E-state index is 0.122. The van der Waals surface area contributed by atoms with E-state index >= 15 is 0 Å². The zero-order valence-electron chi connectivity index (χ0n) is 20.2. The van der Waals surface area contributed by atoms with Crippen LogP contribution in [-0.4, -0.2) is 35.8 Å². The third kappa shape index (κ3) is 11.6. The first-order chi connectivity index (χ1) is 15.0. The molecule has 7 nitrogen and oxygen atoms in total. The molecule has 192 valence electrons. The van der Waals surface area contributed by atoms with E-state index in [2.05, 4.69) is 13.8 Å². The molecule has 0 heterocycles. The zero-order valence-corrected chi connectivity index (χ0v) is 21.8. The number of carbonyl (C=O) groups excluding carboxylic acids is 1. The molecule has 0 aliphatic heterocycles. The number of hydrogen-bond donors (Lipinski definition) is 2. The molecule has 0 aromatic heterocycles. The van der Waals surface area contributed by atoms with Gasteiger partial charge in [-0.15, -0.1) is 0 Å². The number of carbonyl (C=O) groups is 1. The summed E-state index contributed by atoms with van der Waals surface area (Å²) in [5, 5.41) is 0. The van der Waals surface area contributed by atoms with E-state index in [-0.39, 0.29) is 12.8 Å². The van der Waals surface area contributed by atoms with E-state index in [1.807, 2.05) is 0 Å². The van der Waals surface area contributed by atoms with E-state index in [9.17, 15) is 30.7 Å². The highest BCUT2D eigenvalue weighted by molar-refractivity contribution is 8.06. The predicted octanol–water partition coefficient (Wildman–Crippen LogP) is 6.48. The van der Waals surface area contributed by atoms with Crippen LogP contribution in [0, 0.1) is 0 Å². The van der Waals surface area contributed by atoms with Crippen molar-refractivity contribution >= 4 is 26.0 Å². The van der Waals surface area contributed by atoms with Crippen LogP contribution in [0.1, 0.15) is 136 Å². The van der Waals surface area contributed by atoms with Gasteiger partial charge in [-0.05, 0) is 12.8 Å². The Balaban J connectivity index is 4.75. The Bertz CT molecular complexity index is 668. The highest BCUT2D eigenvalue weighted by Gasteiger charge is 2.59. The van der Waals surface area contributed by atoms with Crippen molar-refractivity contribution in [3.8, 4) is 0 Å². The first kappa shape index (κ1) is 31.5. The summed E-state index contributed by atoms with van der Waals surface area (Å²) in [6.45, 7) is 4.28. The predicted molar refractivity (Wildman–Crippen MR) is 130 cm³/mol. The normalized spacial score (nSPS) is 12.9. The van der Waals surface area contributed by atoms with Crippen LogP contribution in [0.5, 0.6) is 0 Å². The van der Waals surface area contributed by atoms with Crippen LogP contribution in [0.4, 0.5) is 0 Å². The van der Waals surface area contributed by atoms with Gasteiger partial charge < -0.3 is 0 Å². The molecule has 0 aliphatic rings. The number of hydrogen-bond acceptors (Lipinski definition) is 5. The van der Waals surface area contributed by atoms with E-state index in [0.717, 1.165) is 57.8 Å². The molecule has 0 spiro atoms. The summed E-state index contributed by atoms with van der Waals surface area (Å²) in [6.07, 6.45) is 14.7. The minimum atomic E-state index is -5.34. The minimum Gasteiger partial charge on any atom is -0.297 e. The second-order valence-electron chi connectivity index (χ2n) is 8.93. The molecule has 0 fully saturated rings. The number of Topliss-reactive ketones (excluding diaryl/α,β-unsaturated/α-hetero) is 1. The summed E-state index contributed by atoms with van der Waals surface area (Å²) in [4.78, 5) is 12.7. The van der Waals surface area contributed by atoms with Crippen molar-refractivity contribution in [3.63, 3.8) is 0 Å². The molecule has 0 rings (SSSR count). The van der Waals surface area contributed by atoms with Crippen LogP contribution in [0.3, 0.4) is 0 Å². The monoisotopic (exact) mass is 498 g/mol. The van der Waals surface area contributed by atoms with Crippen molar-refractivity contribution in [2.75, 3.05) is 0 Å². The van der Waals surface area contributed by atoms with E-state index in [1.165, 1.54) is 25.7 Å². The highest BCUT2D eigenvalue weighted by atomic mass is 32.3. The maximum atomic E-state index is 12.7. The van der Waals surface area contributed by atoms with Gasteiger partial charge in [0.25, 0.3) is 24.3 Å². The fraction of sp³-hybridized carbons (Fsp3) is 0.957. The van der Waals surface area contributed by atoms with Gasteiger partial charge in [-0.1, -0.05) is 117 Å². The third-order valence-corrected chi connectivity index (χ3v) is 9.92. The molecule has 0 saturated carbocycles. The molecule has 0 amide bonds. The van der Waals surface area contributed by atoms with Gasteiger partial charge in [0.2, 0.25) is 0 Å². The van der Waals surface area contributed by atoms with Gasteiger partial charge >= 0.3 is 0 Å². The summed E-state index contributed by atoms with van der Waals surface area (Å²) in [7, 11) is -10.7. The van der Waals surface area contributed by atoms with Gasteiger partial charge in [0.05, 0.1) is 0 Å². The quantitative estimate of drug-likeness (QED) is 0.129. The molecule has 0 saturated heterocycles. The summed E-state index contributed by atoms with van der Waals surface area (Å²) >= 11 is 0. The average molecular weight is 499 g/mol. The lowest BCUT2D eigenvalue weighted by Crippen LogP contribution is -2.52. The van der Waals surface area contributed by atoms with Gasteiger partial charge in [0.1, 0.15) is 0 Å². The first-order valence-corrected chi connectivity index (χ1v) is 15.4. The van der Waals surface area contributed by atoms with Crippen molar-refractivity contribution in [3.05, 3.63) is 0 Å². The van der Waals surface area contributed by atoms with Crippen molar-refractivity contribution in [2.24, 2.45) is 0 Å². The Labute approximate surface area is 196 Å². The fourth-order valence-corrected chi connectivity index (χ4v) is 6.75. The first-order valence-electron chi connectivity index (χ1n) is 12.5. The lowest BCUT2D eigenvalue weighted by Gasteiger charge is -2.26. The summed E-state index contributed by atoms with van der Waals surface area (Å²) in [5.74, 6) is -1.13. The molecule has 0 radical (unpaired) electrons. The summed E-state index contributed by atoms with van der Waals surface area (Å²) in [5.41, 5.74) is 0. The number of rotatable bonds is 22. The molecule has 32 heavy (non-hydrogen) atoms. The third-order valence-electron chi connectivity index (χ3n) is 6.13. The molecule has 0 bridgehead atoms. The van der Waals surface area contributed by atoms with Crippen molar-refractivity contribution in [2.45, 2.75) is 140 Å². The molecule has 0 atom stereocenters. The average Bonchev–Trinajstić information content (AvgIpc) is 2.69. The lowest BCUT2D eigenvalue weighted by molar-refractivity contribution is -0.120. The van der Waals surface area contributed by atoms with Crippen molar-refractivity contribution < 1.29 is 30.7 Å². The van der Waals surface area contributed by atoms with E-state index in [4.69, 9.17) is 0 Å². The maximum Gasteiger partial charge on any atom is 0.295 e. The van der Waals surface area contributed by atoms with Crippen LogP contribution >= 0.6 is 0 Å². The zero-order chi connectivity index (χ0) is 24.5. The Hall–Kier alpha value is -0.510. The Morgan fingerprint density at radius 2 is 0.875 bits per heavy atom. The summed E-state index contributed by atoms with van der Waals surface area (Å²) < 4.78 is 64.4.